The molecule has 0 saturated carbocycles. The van der Waals surface area contributed by atoms with E-state index in [2.05, 4.69) is 61.1 Å². The van der Waals surface area contributed by atoms with Crippen LogP contribution in [0.4, 0.5) is 0 Å². The summed E-state index contributed by atoms with van der Waals surface area (Å²) in [4.78, 5) is 2.91. The third-order valence-corrected chi connectivity index (χ3v) is 5.02. The molecular weight excluding hydrogens is 270 g/mol. The van der Waals surface area contributed by atoms with Gasteiger partial charge in [0, 0.05) is 22.2 Å². The molecule has 104 valence electrons. The molecule has 0 spiro atoms. The summed E-state index contributed by atoms with van der Waals surface area (Å²) in [6.07, 6.45) is 2.31. The molecule has 0 aliphatic carbocycles. The van der Waals surface area contributed by atoms with Gasteiger partial charge in [-0.3, -0.25) is 0 Å². The van der Waals surface area contributed by atoms with Crippen molar-refractivity contribution in [2.24, 2.45) is 5.41 Å². The zero-order valence-corrected chi connectivity index (χ0v) is 13.6. The van der Waals surface area contributed by atoms with E-state index >= 15 is 0 Å². The third kappa shape index (κ3) is 5.09. The zero-order valence-electron chi connectivity index (χ0n) is 12.0. The van der Waals surface area contributed by atoms with Gasteiger partial charge in [0.1, 0.15) is 0 Å². The lowest BCUT2D eigenvalue weighted by Gasteiger charge is -2.22. The summed E-state index contributed by atoms with van der Waals surface area (Å²) in [5.41, 5.74) is 0.399. The Kier molecular flexibility index (Phi) is 5.20. The number of hydrogen-bond donors (Lipinski definition) is 1. The molecule has 3 heteroatoms. The molecule has 0 fully saturated rings. The van der Waals surface area contributed by atoms with Gasteiger partial charge in [0.2, 0.25) is 0 Å². The van der Waals surface area contributed by atoms with Crippen LogP contribution in [0.2, 0.25) is 0 Å². The molecule has 2 aromatic heterocycles. The molecule has 0 amide bonds. The number of thiophene rings is 2. The molecule has 2 rings (SSSR count). The van der Waals surface area contributed by atoms with E-state index in [1.807, 2.05) is 22.7 Å². The Morgan fingerprint density at radius 1 is 1.11 bits per heavy atom. The van der Waals surface area contributed by atoms with Crippen molar-refractivity contribution in [2.75, 3.05) is 6.54 Å². The van der Waals surface area contributed by atoms with E-state index in [0.717, 1.165) is 13.0 Å². The molecule has 0 aliphatic rings. The fraction of sp³-hybridized carbons (Fsp3) is 0.500. The van der Waals surface area contributed by atoms with Gasteiger partial charge in [-0.1, -0.05) is 32.9 Å². The first-order valence-corrected chi connectivity index (χ1v) is 8.60. The highest BCUT2D eigenvalue weighted by molar-refractivity contribution is 7.10. The molecule has 2 aromatic rings. The minimum atomic E-state index is 0.399. The molecule has 0 aliphatic heterocycles. The van der Waals surface area contributed by atoms with E-state index in [-0.39, 0.29) is 0 Å². The lowest BCUT2D eigenvalue weighted by atomic mass is 9.92. The van der Waals surface area contributed by atoms with E-state index in [0.29, 0.717) is 11.5 Å². The van der Waals surface area contributed by atoms with Gasteiger partial charge in [0.15, 0.2) is 0 Å². The summed E-state index contributed by atoms with van der Waals surface area (Å²) >= 11 is 3.71. The van der Waals surface area contributed by atoms with Crippen LogP contribution in [0.5, 0.6) is 0 Å². The second kappa shape index (κ2) is 6.69. The Bertz CT molecular complexity index is 451. The van der Waals surface area contributed by atoms with Crippen LogP contribution < -0.4 is 5.32 Å². The first kappa shape index (κ1) is 14.8. The largest absolute Gasteiger partial charge is 0.309 e. The molecule has 0 radical (unpaired) electrons. The first-order chi connectivity index (χ1) is 9.04. The van der Waals surface area contributed by atoms with Gasteiger partial charge in [-0.05, 0) is 41.3 Å². The van der Waals surface area contributed by atoms with Gasteiger partial charge in [-0.2, -0.15) is 0 Å². The number of rotatable bonds is 6. The topological polar surface area (TPSA) is 12.0 Å². The monoisotopic (exact) mass is 293 g/mol. The summed E-state index contributed by atoms with van der Waals surface area (Å²) < 4.78 is 0. The van der Waals surface area contributed by atoms with Crippen molar-refractivity contribution in [1.29, 1.82) is 0 Å². The highest BCUT2D eigenvalue weighted by atomic mass is 32.1. The molecule has 1 N–H and O–H groups in total. The van der Waals surface area contributed by atoms with Crippen molar-refractivity contribution in [1.82, 2.24) is 5.32 Å². The van der Waals surface area contributed by atoms with Crippen molar-refractivity contribution in [3.63, 3.8) is 0 Å². The lowest BCUT2D eigenvalue weighted by molar-refractivity contribution is 0.355. The van der Waals surface area contributed by atoms with Crippen LogP contribution in [-0.4, -0.2) is 6.54 Å². The summed E-state index contributed by atoms with van der Waals surface area (Å²) in [5.74, 6) is 0. The maximum atomic E-state index is 3.73. The smallest absolute Gasteiger partial charge is 0.0463 e. The van der Waals surface area contributed by atoms with E-state index in [4.69, 9.17) is 0 Å². The molecule has 0 saturated heterocycles. The zero-order chi connectivity index (χ0) is 13.7. The molecule has 2 heterocycles. The Morgan fingerprint density at radius 2 is 1.84 bits per heavy atom. The molecule has 0 bridgehead atoms. The maximum absolute atomic E-state index is 3.73. The van der Waals surface area contributed by atoms with Gasteiger partial charge in [-0.25, -0.2) is 0 Å². The Hall–Kier alpha value is -0.640. The number of hydrogen-bond acceptors (Lipinski definition) is 3. The van der Waals surface area contributed by atoms with Crippen LogP contribution in [0.25, 0.3) is 0 Å². The minimum Gasteiger partial charge on any atom is -0.309 e. The summed E-state index contributed by atoms with van der Waals surface area (Å²) in [7, 11) is 0. The molecule has 0 aromatic carbocycles. The maximum Gasteiger partial charge on any atom is 0.0463 e. The normalized spacial score (nSPS) is 13.6. The van der Waals surface area contributed by atoms with Gasteiger partial charge in [0.25, 0.3) is 0 Å². The van der Waals surface area contributed by atoms with Gasteiger partial charge < -0.3 is 5.32 Å². The average Bonchev–Trinajstić information content (AvgIpc) is 2.99. The van der Waals surface area contributed by atoms with E-state index < -0.39 is 0 Å². The molecule has 1 unspecified atom stereocenters. The second-order valence-electron chi connectivity index (χ2n) is 6.12. The van der Waals surface area contributed by atoms with Crippen molar-refractivity contribution >= 4 is 22.7 Å². The van der Waals surface area contributed by atoms with Crippen molar-refractivity contribution in [2.45, 2.75) is 39.7 Å². The third-order valence-electron chi connectivity index (χ3n) is 3.14. The fourth-order valence-electron chi connectivity index (χ4n) is 2.01. The quantitative estimate of drug-likeness (QED) is 0.779. The van der Waals surface area contributed by atoms with Gasteiger partial charge in [-0.15, -0.1) is 22.7 Å². The van der Waals surface area contributed by atoms with Crippen LogP contribution in [0, 0.1) is 5.41 Å². The lowest BCUT2D eigenvalue weighted by Crippen LogP contribution is -2.26. The second-order valence-corrected chi connectivity index (χ2v) is 8.13. The van der Waals surface area contributed by atoms with Crippen LogP contribution in [0.1, 0.15) is 43.0 Å². The van der Waals surface area contributed by atoms with Crippen LogP contribution in [0.3, 0.4) is 0 Å². The Balaban J connectivity index is 1.95. The van der Waals surface area contributed by atoms with Crippen LogP contribution in [-0.2, 0) is 6.42 Å². The van der Waals surface area contributed by atoms with Gasteiger partial charge >= 0.3 is 0 Å². The molecule has 1 nitrogen and oxygen atoms in total. The Morgan fingerprint density at radius 3 is 2.42 bits per heavy atom. The molecule has 19 heavy (non-hydrogen) atoms. The predicted molar refractivity (Wildman–Crippen MR) is 87.2 cm³/mol. The van der Waals surface area contributed by atoms with Crippen LogP contribution >= 0.6 is 22.7 Å². The highest BCUT2D eigenvalue weighted by Gasteiger charge is 2.15. The van der Waals surface area contributed by atoms with Crippen molar-refractivity contribution < 1.29 is 0 Å². The highest BCUT2D eigenvalue weighted by Crippen LogP contribution is 2.25. The van der Waals surface area contributed by atoms with Gasteiger partial charge in [0.05, 0.1) is 0 Å². The average molecular weight is 294 g/mol. The fourth-order valence-corrected chi connectivity index (χ4v) is 3.57. The molecular formula is C16H23NS2. The van der Waals surface area contributed by atoms with E-state index in [9.17, 15) is 0 Å². The van der Waals surface area contributed by atoms with Crippen LogP contribution in [0.15, 0.2) is 35.0 Å². The van der Waals surface area contributed by atoms with E-state index in [1.165, 1.54) is 16.2 Å². The summed E-state index contributed by atoms with van der Waals surface area (Å²) in [5, 5.41) is 8.07. The minimum absolute atomic E-state index is 0.399. The predicted octanol–water partition coefficient (Wildman–Crippen LogP) is 5.12. The van der Waals surface area contributed by atoms with Crippen molar-refractivity contribution in [3.05, 3.63) is 44.8 Å². The summed E-state index contributed by atoms with van der Waals surface area (Å²) in [6, 6.07) is 9.22. The Labute approximate surface area is 124 Å². The first-order valence-electron chi connectivity index (χ1n) is 6.84. The molecule has 1 atom stereocenters. The van der Waals surface area contributed by atoms with Crippen molar-refractivity contribution in [3.8, 4) is 0 Å². The number of nitrogens with one attached hydrogen (secondary N) is 1. The summed E-state index contributed by atoms with van der Waals surface area (Å²) in [6.45, 7) is 7.98. The SMILES string of the molecule is CC(C)(C)CCNC(Cc1cccs1)c1cccs1. The standard InChI is InChI=1S/C16H23NS2/c1-16(2,3)8-9-17-14(15-7-5-11-19-15)12-13-6-4-10-18-13/h4-7,10-11,14,17H,8-9,12H2,1-3H3. The van der Waals surface area contributed by atoms with E-state index in [1.54, 1.807) is 0 Å².